The highest BCUT2D eigenvalue weighted by molar-refractivity contribution is 7.92. The van der Waals surface area contributed by atoms with E-state index in [1.54, 1.807) is 43.3 Å². The zero-order chi connectivity index (χ0) is 24.5. The molecule has 3 aromatic rings. The largest absolute Gasteiger partial charge is 0.478 e. The zero-order valence-electron chi connectivity index (χ0n) is 19.0. The standard InChI is InChI=1S/C25H26FN3O4S/c1-17-3-10-24(18(2)15-17)34(32,33)27-22-16-19(25(30)31)4-9-23(22)29-13-11-28(12-14-29)21-7-5-20(26)6-8-21/h3-10,15-16,27H,11-14H2,1-2H3,(H,30,31). The summed E-state index contributed by atoms with van der Waals surface area (Å²) in [5.74, 6) is -1.43. The Labute approximate surface area is 198 Å². The molecule has 0 atom stereocenters. The second-order valence-electron chi connectivity index (χ2n) is 8.36. The number of nitrogens with zero attached hydrogens (tertiary/aromatic N) is 2. The maximum atomic E-state index is 13.2. The molecule has 2 N–H and O–H groups in total. The van der Waals surface area contributed by atoms with Crippen LogP contribution in [0.5, 0.6) is 0 Å². The van der Waals surface area contributed by atoms with Gasteiger partial charge in [0.15, 0.2) is 0 Å². The van der Waals surface area contributed by atoms with Gasteiger partial charge in [-0.2, -0.15) is 0 Å². The minimum atomic E-state index is -3.94. The summed E-state index contributed by atoms with van der Waals surface area (Å²) in [5.41, 5.74) is 3.29. The number of benzene rings is 3. The SMILES string of the molecule is Cc1ccc(S(=O)(=O)Nc2cc(C(=O)O)ccc2N2CCN(c3ccc(F)cc3)CC2)c(C)c1. The summed E-state index contributed by atoms with van der Waals surface area (Å²) in [5, 5.41) is 9.46. The molecular weight excluding hydrogens is 457 g/mol. The number of anilines is 3. The van der Waals surface area contributed by atoms with Crippen LogP contribution in [-0.4, -0.2) is 45.7 Å². The van der Waals surface area contributed by atoms with Gasteiger partial charge < -0.3 is 14.9 Å². The second-order valence-corrected chi connectivity index (χ2v) is 10.0. The average Bonchev–Trinajstić information content (AvgIpc) is 2.79. The van der Waals surface area contributed by atoms with E-state index >= 15 is 0 Å². The monoisotopic (exact) mass is 483 g/mol. The summed E-state index contributed by atoms with van der Waals surface area (Å²) in [7, 11) is -3.94. The van der Waals surface area contributed by atoms with Crippen molar-refractivity contribution in [3.63, 3.8) is 0 Å². The Morgan fingerprint density at radius 3 is 2.18 bits per heavy atom. The molecule has 0 amide bonds. The van der Waals surface area contributed by atoms with Crippen LogP contribution in [0.1, 0.15) is 21.5 Å². The van der Waals surface area contributed by atoms with Crippen molar-refractivity contribution in [1.82, 2.24) is 0 Å². The van der Waals surface area contributed by atoms with Gasteiger partial charge in [0.05, 0.1) is 21.8 Å². The van der Waals surface area contributed by atoms with Crippen LogP contribution in [0.3, 0.4) is 0 Å². The van der Waals surface area contributed by atoms with Gasteiger partial charge in [0.25, 0.3) is 10.0 Å². The molecule has 4 rings (SSSR count). The van der Waals surface area contributed by atoms with Crippen LogP contribution in [0.25, 0.3) is 0 Å². The smallest absolute Gasteiger partial charge is 0.335 e. The lowest BCUT2D eigenvalue weighted by Crippen LogP contribution is -2.46. The molecule has 1 saturated heterocycles. The molecule has 0 radical (unpaired) electrons. The van der Waals surface area contributed by atoms with E-state index in [-0.39, 0.29) is 22.0 Å². The van der Waals surface area contributed by atoms with Crippen LogP contribution in [0.4, 0.5) is 21.5 Å². The Hall–Kier alpha value is -3.59. The zero-order valence-corrected chi connectivity index (χ0v) is 19.8. The van der Waals surface area contributed by atoms with Gasteiger partial charge in [0.1, 0.15) is 5.82 Å². The molecular formula is C25H26FN3O4S. The highest BCUT2D eigenvalue weighted by Gasteiger charge is 2.24. The maximum Gasteiger partial charge on any atom is 0.335 e. The lowest BCUT2D eigenvalue weighted by atomic mass is 10.1. The third-order valence-corrected chi connectivity index (χ3v) is 7.45. The van der Waals surface area contributed by atoms with Crippen LogP contribution in [-0.2, 0) is 10.0 Å². The van der Waals surface area contributed by atoms with Crippen molar-refractivity contribution in [3.8, 4) is 0 Å². The summed E-state index contributed by atoms with van der Waals surface area (Å²) < 4.78 is 42.3. The molecule has 1 fully saturated rings. The molecule has 0 bridgehead atoms. The van der Waals surface area contributed by atoms with Crippen molar-refractivity contribution < 1.29 is 22.7 Å². The van der Waals surface area contributed by atoms with E-state index in [4.69, 9.17) is 0 Å². The number of aryl methyl sites for hydroxylation is 2. The number of rotatable bonds is 6. The van der Waals surface area contributed by atoms with Crippen molar-refractivity contribution in [3.05, 3.63) is 83.2 Å². The predicted octanol–water partition coefficient (Wildman–Crippen LogP) is 4.27. The summed E-state index contributed by atoms with van der Waals surface area (Å²) in [4.78, 5) is 15.9. The number of hydrogen-bond acceptors (Lipinski definition) is 5. The fourth-order valence-corrected chi connectivity index (χ4v) is 5.48. The van der Waals surface area contributed by atoms with Gasteiger partial charge in [0.2, 0.25) is 0 Å². The van der Waals surface area contributed by atoms with E-state index in [2.05, 4.69) is 9.62 Å². The van der Waals surface area contributed by atoms with E-state index in [1.807, 2.05) is 11.8 Å². The summed E-state index contributed by atoms with van der Waals surface area (Å²) in [6, 6.07) is 15.8. The van der Waals surface area contributed by atoms with Gasteiger partial charge in [-0.25, -0.2) is 17.6 Å². The first-order valence-electron chi connectivity index (χ1n) is 10.9. The first kappa shape index (κ1) is 23.6. The number of piperazine rings is 1. The number of aromatic carboxylic acids is 1. The molecule has 1 aliphatic rings. The number of sulfonamides is 1. The molecule has 7 nitrogen and oxygen atoms in total. The fourth-order valence-electron chi connectivity index (χ4n) is 4.18. The third-order valence-electron chi connectivity index (χ3n) is 5.92. The lowest BCUT2D eigenvalue weighted by Gasteiger charge is -2.38. The lowest BCUT2D eigenvalue weighted by molar-refractivity contribution is 0.0697. The van der Waals surface area contributed by atoms with Gasteiger partial charge in [-0.1, -0.05) is 17.7 Å². The Kier molecular flexibility index (Phi) is 6.47. The molecule has 1 heterocycles. The number of carboxylic acid groups (broad SMARTS) is 1. The number of halogens is 1. The van der Waals surface area contributed by atoms with Crippen LogP contribution < -0.4 is 14.5 Å². The van der Waals surface area contributed by atoms with Gasteiger partial charge in [0, 0.05) is 31.9 Å². The molecule has 0 aromatic heterocycles. The van der Waals surface area contributed by atoms with Gasteiger partial charge >= 0.3 is 5.97 Å². The molecule has 178 valence electrons. The molecule has 0 saturated carbocycles. The Balaban J connectivity index is 1.61. The molecule has 3 aromatic carbocycles. The predicted molar refractivity (Wildman–Crippen MR) is 131 cm³/mol. The Morgan fingerprint density at radius 1 is 0.912 bits per heavy atom. The van der Waals surface area contributed by atoms with Crippen molar-refractivity contribution in [1.29, 1.82) is 0 Å². The maximum absolute atomic E-state index is 13.2. The molecule has 34 heavy (non-hydrogen) atoms. The number of carbonyl (C=O) groups is 1. The number of nitrogens with one attached hydrogen (secondary N) is 1. The van der Waals surface area contributed by atoms with Crippen LogP contribution in [0, 0.1) is 19.7 Å². The van der Waals surface area contributed by atoms with Crippen molar-refractivity contribution >= 4 is 33.1 Å². The topological polar surface area (TPSA) is 89.9 Å². The Bertz CT molecular complexity index is 1320. The van der Waals surface area contributed by atoms with E-state index in [0.29, 0.717) is 37.4 Å². The first-order valence-corrected chi connectivity index (χ1v) is 12.4. The quantitative estimate of drug-likeness (QED) is 0.544. The van der Waals surface area contributed by atoms with Crippen LogP contribution in [0.15, 0.2) is 65.6 Å². The molecule has 1 aliphatic heterocycles. The minimum absolute atomic E-state index is 0.00738. The van der Waals surface area contributed by atoms with Gasteiger partial charge in [-0.05, 0) is 67.9 Å². The van der Waals surface area contributed by atoms with E-state index in [9.17, 15) is 22.7 Å². The van der Waals surface area contributed by atoms with Gasteiger partial charge in [-0.3, -0.25) is 4.72 Å². The van der Waals surface area contributed by atoms with Crippen molar-refractivity contribution in [2.45, 2.75) is 18.7 Å². The molecule has 0 aliphatic carbocycles. The molecule has 9 heteroatoms. The minimum Gasteiger partial charge on any atom is -0.478 e. The molecule has 0 unspecified atom stereocenters. The third kappa shape index (κ3) is 4.99. The van der Waals surface area contributed by atoms with Gasteiger partial charge in [-0.15, -0.1) is 0 Å². The van der Waals surface area contributed by atoms with Crippen LogP contribution in [0.2, 0.25) is 0 Å². The second kappa shape index (κ2) is 9.34. The summed E-state index contributed by atoms with van der Waals surface area (Å²) >= 11 is 0. The van der Waals surface area contributed by atoms with E-state index in [0.717, 1.165) is 11.3 Å². The number of carboxylic acids is 1. The van der Waals surface area contributed by atoms with Crippen molar-refractivity contribution in [2.75, 3.05) is 40.7 Å². The van der Waals surface area contributed by atoms with E-state index in [1.165, 1.54) is 24.3 Å². The fraction of sp³-hybridized carbons (Fsp3) is 0.240. The van der Waals surface area contributed by atoms with Crippen molar-refractivity contribution in [2.24, 2.45) is 0 Å². The molecule has 0 spiro atoms. The first-order chi connectivity index (χ1) is 16.1. The van der Waals surface area contributed by atoms with E-state index < -0.39 is 16.0 Å². The number of hydrogen-bond donors (Lipinski definition) is 2. The Morgan fingerprint density at radius 2 is 1.56 bits per heavy atom. The highest BCUT2D eigenvalue weighted by atomic mass is 32.2. The summed E-state index contributed by atoms with van der Waals surface area (Å²) in [6.07, 6.45) is 0. The average molecular weight is 484 g/mol. The highest BCUT2D eigenvalue weighted by Crippen LogP contribution is 2.32. The summed E-state index contributed by atoms with van der Waals surface area (Å²) in [6.45, 7) is 6.08. The normalized spacial score (nSPS) is 14.2. The van der Waals surface area contributed by atoms with Crippen LogP contribution >= 0.6 is 0 Å².